The molecule has 1 aromatic carbocycles. The summed E-state index contributed by atoms with van der Waals surface area (Å²) >= 11 is 0.961. The molecule has 0 aromatic heterocycles. The van der Waals surface area contributed by atoms with Crippen molar-refractivity contribution in [3.05, 3.63) is 30.3 Å². The van der Waals surface area contributed by atoms with Gasteiger partial charge in [-0.05, 0) is 12.1 Å². The molecule has 0 bridgehead atoms. The van der Waals surface area contributed by atoms with Crippen molar-refractivity contribution in [2.75, 3.05) is 31.2 Å². The van der Waals surface area contributed by atoms with Crippen molar-refractivity contribution in [3.63, 3.8) is 0 Å². The van der Waals surface area contributed by atoms with E-state index < -0.39 is 10.0 Å². The molecule has 0 aliphatic carbocycles. The van der Waals surface area contributed by atoms with Gasteiger partial charge in [0, 0.05) is 13.1 Å². The molecule has 23 heavy (non-hydrogen) atoms. The number of carbonyl (C=O) groups excluding carboxylic acids is 2. The van der Waals surface area contributed by atoms with Crippen molar-refractivity contribution >= 4 is 32.9 Å². The van der Waals surface area contributed by atoms with Gasteiger partial charge in [0.25, 0.3) is 5.24 Å². The average Bonchev–Trinajstić information content (AvgIpc) is 2.79. The fourth-order valence-corrected chi connectivity index (χ4v) is 4.56. The molecule has 2 aliphatic rings. The van der Waals surface area contributed by atoms with Crippen molar-refractivity contribution in [1.82, 2.24) is 9.21 Å². The first kappa shape index (κ1) is 16.3. The van der Waals surface area contributed by atoms with Crippen LogP contribution in [0, 0.1) is 0 Å². The quantitative estimate of drug-likeness (QED) is 0.749. The molecule has 0 saturated carbocycles. The summed E-state index contributed by atoms with van der Waals surface area (Å²) in [4.78, 5) is 24.4. The predicted molar refractivity (Wildman–Crippen MR) is 85.8 cm³/mol. The van der Waals surface area contributed by atoms with Crippen LogP contribution < -0.4 is 4.74 Å². The van der Waals surface area contributed by atoms with E-state index in [1.807, 2.05) is 18.2 Å². The first-order chi connectivity index (χ1) is 11.0. The first-order valence-electron chi connectivity index (χ1n) is 7.12. The Labute approximate surface area is 138 Å². The number of hydrogen-bond acceptors (Lipinski definition) is 6. The molecule has 9 heteroatoms. The van der Waals surface area contributed by atoms with Gasteiger partial charge in [-0.3, -0.25) is 14.5 Å². The fourth-order valence-electron chi connectivity index (χ4n) is 2.43. The summed E-state index contributed by atoms with van der Waals surface area (Å²) in [5.41, 5.74) is 0. The number of hydrogen-bond donors (Lipinski definition) is 0. The molecule has 7 nitrogen and oxygen atoms in total. The normalized spacial score (nSPS) is 19.9. The summed E-state index contributed by atoms with van der Waals surface area (Å²) in [6, 6.07) is 8.65. The molecule has 2 saturated heterocycles. The van der Waals surface area contributed by atoms with E-state index in [2.05, 4.69) is 0 Å². The van der Waals surface area contributed by atoms with Gasteiger partial charge in [0.1, 0.15) is 12.4 Å². The zero-order valence-electron chi connectivity index (χ0n) is 12.3. The number of sulfonamides is 1. The molecule has 0 radical (unpaired) electrons. The van der Waals surface area contributed by atoms with E-state index in [1.165, 1.54) is 9.21 Å². The van der Waals surface area contributed by atoms with Crippen molar-refractivity contribution in [2.45, 2.75) is 6.04 Å². The highest BCUT2D eigenvalue weighted by Gasteiger charge is 2.45. The highest BCUT2D eigenvalue weighted by atomic mass is 32.2. The lowest BCUT2D eigenvalue weighted by atomic mass is 10.1. The van der Waals surface area contributed by atoms with E-state index in [1.54, 1.807) is 12.1 Å². The van der Waals surface area contributed by atoms with Crippen LogP contribution in [-0.4, -0.2) is 66.0 Å². The van der Waals surface area contributed by atoms with Gasteiger partial charge in [0.05, 0.1) is 17.5 Å². The molecular formula is C14H16N2O5S2. The summed E-state index contributed by atoms with van der Waals surface area (Å²) in [6.45, 7) is 0.405. The van der Waals surface area contributed by atoms with E-state index in [9.17, 15) is 18.0 Å². The lowest BCUT2D eigenvalue weighted by molar-refractivity contribution is -0.127. The van der Waals surface area contributed by atoms with Gasteiger partial charge in [0.15, 0.2) is 0 Å². The Morgan fingerprint density at radius 1 is 1.17 bits per heavy atom. The number of rotatable bonds is 6. The van der Waals surface area contributed by atoms with Gasteiger partial charge < -0.3 is 4.74 Å². The zero-order valence-corrected chi connectivity index (χ0v) is 13.9. The summed E-state index contributed by atoms with van der Waals surface area (Å²) in [5.74, 6) is 0.391. The van der Waals surface area contributed by atoms with Crippen LogP contribution in [0.3, 0.4) is 0 Å². The van der Waals surface area contributed by atoms with Crippen LogP contribution in [0.25, 0.3) is 0 Å². The molecule has 0 atom stereocenters. The smallest absolute Gasteiger partial charge is 0.289 e. The zero-order chi connectivity index (χ0) is 16.4. The van der Waals surface area contributed by atoms with Crippen molar-refractivity contribution < 1.29 is 22.7 Å². The summed E-state index contributed by atoms with van der Waals surface area (Å²) < 4.78 is 31.0. The number of imide groups is 1. The second-order valence-electron chi connectivity index (χ2n) is 5.27. The van der Waals surface area contributed by atoms with E-state index in [-0.39, 0.29) is 48.4 Å². The van der Waals surface area contributed by atoms with Gasteiger partial charge in [-0.1, -0.05) is 30.0 Å². The predicted octanol–water partition coefficient (Wildman–Crippen LogP) is 0.775. The topological polar surface area (TPSA) is 84.0 Å². The Morgan fingerprint density at radius 2 is 1.87 bits per heavy atom. The number of thioether (sulfide) groups is 1. The molecule has 2 aliphatic heterocycles. The lowest BCUT2D eigenvalue weighted by Crippen LogP contribution is -2.62. The third-order valence-electron chi connectivity index (χ3n) is 3.73. The Kier molecular flexibility index (Phi) is 4.60. The number of ether oxygens (including phenoxy) is 1. The monoisotopic (exact) mass is 356 g/mol. The molecule has 0 N–H and O–H groups in total. The minimum absolute atomic E-state index is 0.0605. The Balaban J connectivity index is 1.48. The van der Waals surface area contributed by atoms with Gasteiger partial charge >= 0.3 is 0 Å². The minimum atomic E-state index is -3.44. The summed E-state index contributed by atoms with van der Waals surface area (Å²) in [6.07, 6.45) is 0. The Hall–Kier alpha value is -1.58. The standard InChI is InChI=1S/C14H16N2O5S2/c17-13-10-22-14(18)16(13)11-8-15(9-11)23(19,20)7-6-21-12-4-2-1-3-5-12/h1-5,11H,6-10H2. The second-order valence-corrected chi connectivity index (χ2v) is 8.28. The van der Waals surface area contributed by atoms with Crippen LogP contribution in [0.4, 0.5) is 4.79 Å². The average molecular weight is 356 g/mol. The third-order valence-corrected chi connectivity index (χ3v) is 6.33. The van der Waals surface area contributed by atoms with E-state index >= 15 is 0 Å². The van der Waals surface area contributed by atoms with E-state index in [0.29, 0.717) is 5.75 Å². The maximum absolute atomic E-state index is 12.2. The number of amides is 2. The highest BCUT2D eigenvalue weighted by Crippen LogP contribution is 2.27. The second kappa shape index (κ2) is 6.50. The summed E-state index contributed by atoms with van der Waals surface area (Å²) in [7, 11) is -3.44. The minimum Gasteiger partial charge on any atom is -0.492 e. The van der Waals surface area contributed by atoms with E-state index in [0.717, 1.165) is 11.8 Å². The Morgan fingerprint density at radius 3 is 2.48 bits per heavy atom. The molecular weight excluding hydrogens is 340 g/mol. The third kappa shape index (κ3) is 3.51. The lowest BCUT2D eigenvalue weighted by Gasteiger charge is -2.41. The van der Waals surface area contributed by atoms with Crippen LogP contribution in [0.2, 0.25) is 0 Å². The molecule has 124 valence electrons. The molecule has 3 rings (SSSR count). The largest absolute Gasteiger partial charge is 0.492 e. The van der Waals surface area contributed by atoms with Gasteiger partial charge in [-0.25, -0.2) is 8.42 Å². The fraction of sp³-hybridized carbons (Fsp3) is 0.429. The number of para-hydroxylation sites is 1. The van der Waals surface area contributed by atoms with Crippen molar-refractivity contribution in [2.24, 2.45) is 0 Å². The number of carbonyl (C=O) groups is 2. The van der Waals surface area contributed by atoms with E-state index in [4.69, 9.17) is 4.74 Å². The SMILES string of the molecule is O=C1CSC(=O)N1C1CN(S(=O)(=O)CCOc2ccccc2)C1. The highest BCUT2D eigenvalue weighted by molar-refractivity contribution is 8.14. The van der Waals surface area contributed by atoms with Crippen LogP contribution >= 0.6 is 11.8 Å². The van der Waals surface area contributed by atoms with Crippen LogP contribution in [-0.2, 0) is 14.8 Å². The number of benzene rings is 1. The van der Waals surface area contributed by atoms with Gasteiger partial charge in [-0.2, -0.15) is 4.31 Å². The maximum Gasteiger partial charge on any atom is 0.289 e. The van der Waals surface area contributed by atoms with Crippen LogP contribution in [0.15, 0.2) is 30.3 Å². The van der Waals surface area contributed by atoms with Gasteiger partial charge in [0.2, 0.25) is 15.9 Å². The molecule has 0 unspecified atom stereocenters. The van der Waals surface area contributed by atoms with Crippen molar-refractivity contribution in [1.29, 1.82) is 0 Å². The molecule has 2 fully saturated rings. The van der Waals surface area contributed by atoms with Crippen LogP contribution in [0.1, 0.15) is 0 Å². The Bertz CT molecular complexity index is 685. The molecule has 1 aromatic rings. The maximum atomic E-state index is 12.2. The molecule has 2 amide bonds. The van der Waals surface area contributed by atoms with Crippen LogP contribution in [0.5, 0.6) is 5.75 Å². The molecule has 0 spiro atoms. The summed E-state index contributed by atoms with van der Waals surface area (Å²) in [5, 5.41) is -0.288. The molecule has 2 heterocycles. The van der Waals surface area contributed by atoms with Gasteiger partial charge in [-0.15, -0.1) is 0 Å². The first-order valence-corrected chi connectivity index (χ1v) is 9.71. The number of nitrogens with zero attached hydrogens (tertiary/aromatic N) is 2. The van der Waals surface area contributed by atoms with Crippen molar-refractivity contribution in [3.8, 4) is 5.75 Å².